The zero-order valence-electron chi connectivity index (χ0n) is 14.8. The van der Waals surface area contributed by atoms with Gasteiger partial charge in [0.15, 0.2) is 18.1 Å². The molecule has 0 saturated heterocycles. The lowest BCUT2D eigenvalue weighted by atomic mass is 10.1. The predicted octanol–water partition coefficient (Wildman–Crippen LogP) is 3.18. The Labute approximate surface area is 155 Å². The van der Waals surface area contributed by atoms with Crippen LogP contribution in [-0.2, 0) is 22.6 Å². The summed E-state index contributed by atoms with van der Waals surface area (Å²) in [7, 11) is 0. The van der Waals surface area contributed by atoms with E-state index in [2.05, 4.69) is 17.1 Å². The summed E-state index contributed by atoms with van der Waals surface area (Å²) in [6.07, 6.45) is 0.134. The second-order valence-electron chi connectivity index (χ2n) is 6.03. The molecule has 7 heteroatoms. The molecular formula is C20H18N2O5. The molecule has 2 heterocycles. The number of hydrogen-bond acceptors (Lipinski definition) is 7. The SMILES string of the molecule is CCc1ccc(-c2noc(COC(=O)[C@H]3COc4ccccc4O3)n2)cc1. The van der Waals surface area contributed by atoms with Crippen LogP contribution in [0, 0.1) is 0 Å². The molecule has 27 heavy (non-hydrogen) atoms. The summed E-state index contributed by atoms with van der Waals surface area (Å²) in [4.78, 5) is 16.5. The topological polar surface area (TPSA) is 83.7 Å². The van der Waals surface area contributed by atoms with E-state index in [9.17, 15) is 4.79 Å². The van der Waals surface area contributed by atoms with Crippen LogP contribution < -0.4 is 9.47 Å². The van der Waals surface area contributed by atoms with Gasteiger partial charge in [-0.15, -0.1) is 0 Å². The fraction of sp³-hybridized carbons (Fsp3) is 0.250. The lowest BCUT2D eigenvalue weighted by Crippen LogP contribution is -2.37. The van der Waals surface area contributed by atoms with Crippen molar-refractivity contribution < 1.29 is 23.5 Å². The number of benzene rings is 2. The number of rotatable bonds is 5. The summed E-state index contributed by atoms with van der Waals surface area (Å²) in [5, 5.41) is 3.93. The molecule has 1 atom stereocenters. The van der Waals surface area contributed by atoms with Crippen LogP contribution in [0.5, 0.6) is 11.5 Å². The number of carbonyl (C=O) groups is 1. The van der Waals surface area contributed by atoms with Crippen LogP contribution >= 0.6 is 0 Å². The number of nitrogens with zero attached hydrogens (tertiary/aromatic N) is 2. The van der Waals surface area contributed by atoms with Crippen LogP contribution in [0.3, 0.4) is 0 Å². The molecule has 0 aliphatic carbocycles. The third-order valence-corrected chi connectivity index (χ3v) is 4.20. The predicted molar refractivity (Wildman–Crippen MR) is 95.3 cm³/mol. The Kier molecular flexibility index (Phi) is 4.74. The molecule has 0 spiro atoms. The van der Waals surface area contributed by atoms with Crippen molar-refractivity contribution >= 4 is 5.97 Å². The molecular weight excluding hydrogens is 348 g/mol. The number of carbonyl (C=O) groups excluding carboxylic acids is 1. The third kappa shape index (κ3) is 3.76. The van der Waals surface area contributed by atoms with Gasteiger partial charge < -0.3 is 18.7 Å². The molecule has 1 aliphatic heterocycles. The summed E-state index contributed by atoms with van der Waals surface area (Å²) < 4.78 is 21.5. The fourth-order valence-corrected chi connectivity index (χ4v) is 2.68. The van der Waals surface area contributed by atoms with Crippen LogP contribution in [0.1, 0.15) is 18.4 Å². The maximum absolute atomic E-state index is 12.2. The highest BCUT2D eigenvalue weighted by Gasteiger charge is 2.29. The van der Waals surface area contributed by atoms with E-state index in [4.69, 9.17) is 18.7 Å². The largest absolute Gasteiger partial charge is 0.485 e. The minimum atomic E-state index is -0.830. The van der Waals surface area contributed by atoms with E-state index >= 15 is 0 Å². The minimum absolute atomic E-state index is 0.0920. The number of ether oxygens (including phenoxy) is 3. The summed E-state index contributed by atoms with van der Waals surface area (Å²) in [6, 6.07) is 15.1. The van der Waals surface area contributed by atoms with Gasteiger partial charge in [-0.05, 0) is 24.1 Å². The standard InChI is InChI=1S/C20H18N2O5/c1-2-13-7-9-14(10-8-13)19-21-18(27-22-19)12-25-20(23)17-11-24-15-5-3-4-6-16(15)26-17/h3-10,17H,2,11-12H2,1H3/t17-/m1/s1. The zero-order chi connectivity index (χ0) is 18.6. The molecule has 4 rings (SSSR count). The van der Waals surface area contributed by atoms with Gasteiger partial charge in [-0.1, -0.05) is 48.5 Å². The highest BCUT2D eigenvalue weighted by Crippen LogP contribution is 2.31. The first kappa shape index (κ1) is 17.1. The zero-order valence-corrected chi connectivity index (χ0v) is 14.8. The van der Waals surface area contributed by atoms with Gasteiger partial charge in [0.1, 0.15) is 6.61 Å². The van der Waals surface area contributed by atoms with Crippen molar-refractivity contribution in [1.82, 2.24) is 10.1 Å². The number of esters is 1. The lowest BCUT2D eigenvalue weighted by molar-refractivity contribution is -0.156. The lowest BCUT2D eigenvalue weighted by Gasteiger charge is -2.24. The van der Waals surface area contributed by atoms with E-state index in [0.717, 1.165) is 12.0 Å². The first-order chi connectivity index (χ1) is 13.2. The number of hydrogen-bond donors (Lipinski definition) is 0. The maximum Gasteiger partial charge on any atom is 0.351 e. The first-order valence-electron chi connectivity index (χ1n) is 8.70. The number of aryl methyl sites for hydroxylation is 1. The summed E-state index contributed by atoms with van der Waals surface area (Å²) >= 11 is 0. The molecule has 0 radical (unpaired) electrons. The van der Waals surface area contributed by atoms with Gasteiger partial charge in [-0.2, -0.15) is 4.98 Å². The van der Waals surface area contributed by atoms with Crippen LogP contribution in [0.4, 0.5) is 0 Å². The van der Waals surface area contributed by atoms with Crippen molar-refractivity contribution in [1.29, 1.82) is 0 Å². The van der Waals surface area contributed by atoms with Crippen LogP contribution in [0.2, 0.25) is 0 Å². The van der Waals surface area contributed by atoms with Gasteiger partial charge in [-0.3, -0.25) is 0 Å². The van der Waals surface area contributed by atoms with Gasteiger partial charge in [0.25, 0.3) is 5.89 Å². The van der Waals surface area contributed by atoms with Crippen LogP contribution in [-0.4, -0.2) is 28.8 Å². The van der Waals surface area contributed by atoms with Crippen molar-refractivity contribution in [2.75, 3.05) is 6.61 Å². The number of aromatic nitrogens is 2. The van der Waals surface area contributed by atoms with E-state index in [-0.39, 0.29) is 19.1 Å². The van der Waals surface area contributed by atoms with E-state index in [1.165, 1.54) is 5.56 Å². The molecule has 1 aromatic heterocycles. The Bertz CT molecular complexity index is 936. The molecule has 0 amide bonds. The van der Waals surface area contributed by atoms with Crippen molar-refractivity contribution in [3.63, 3.8) is 0 Å². The molecule has 1 aliphatic rings. The van der Waals surface area contributed by atoms with Gasteiger partial charge in [-0.25, -0.2) is 4.79 Å². The smallest absolute Gasteiger partial charge is 0.351 e. The molecule has 138 valence electrons. The van der Waals surface area contributed by atoms with Crippen molar-refractivity contribution in [3.05, 3.63) is 60.0 Å². The third-order valence-electron chi connectivity index (χ3n) is 4.20. The van der Waals surface area contributed by atoms with Crippen LogP contribution in [0.15, 0.2) is 53.1 Å². The Morgan fingerprint density at radius 2 is 1.93 bits per heavy atom. The number of fused-ring (bicyclic) bond motifs is 1. The summed E-state index contributed by atoms with van der Waals surface area (Å²) in [5.41, 5.74) is 2.07. The van der Waals surface area contributed by atoms with Crippen LogP contribution in [0.25, 0.3) is 11.4 Å². The Morgan fingerprint density at radius 3 is 2.70 bits per heavy atom. The highest BCUT2D eigenvalue weighted by atomic mass is 16.6. The molecule has 7 nitrogen and oxygen atoms in total. The number of para-hydroxylation sites is 2. The average molecular weight is 366 g/mol. The maximum atomic E-state index is 12.2. The van der Waals surface area contributed by atoms with Gasteiger partial charge in [0.2, 0.25) is 11.9 Å². The van der Waals surface area contributed by atoms with Gasteiger partial charge in [0.05, 0.1) is 0 Å². The summed E-state index contributed by atoms with van der Waals surface area (Å²) in [6.45, 7) is 2.06. The summed E-state index contributed by atoms with van der Waals surface area (Å²) in [5.74, 6) is 1.25. The quantitative estimate of drug-likeness (QED) is 0.641. The molecule has 2 aromatic carbocycles. The van der Waals surface area contributed by atoms with E-state index < -0.39 is 12.1 Å². The second-order valence-corrected chi connectivity index (χ2v) is 6.03. The van der Waals surface area contributed by atoms with Crippen molar-refractivity contribution in [3.8, 4) is 22.9 Å². The van der Waals surface area contributed by atoms with E-state index in [1.54, 1.807) is 12.1 Å². The monoisotopic (exact) mass is 366 g/mol. The average Bonchev–Trinajstić information content (AvgIpc) is 3.21. The molecule has 0 N–H and O–H groups in total. The van der Waals surface area contributed by atoms with E-state index in [1.807, 2.05) is 36.4 Å². The molecule has 0 bridgehead atoms. The molecule has 3 aromatic rings. The van der Waals surface area contributed by atoms with E-state index in [0.29, 0.717) is 17.3 Å². The molecule has 0 fully saturated rings. The molecule has 0 unspecified atom stereocenters. The Hall–Kier alpha value is -3.35. The molecule has 0 saturated carbocycles. The first-order valence-corrected chi connectivity index (χ1v) is 8.70. The normalized spacial score (nSPS) is 15.4. The van der Waals surface area contributed by atoms with Crippen molar-refractivity contribution in [2.24, 2.45) is 0 Å². The van der Waals surface area contributed by atoms with Crippen molar-refractivity contribution in [2.45, 2.75) is 26.1 Å². The second kappa shape index (κ2) is 7.49. The highest BCUT2D eigenvalue weighted by molar-refractivity contribution is 5.76. The van der Waals surface area contributed by atoms with Gasteiger partial charge in [0, 0.05) is 5.56 Å². The van der Waals surface area contributed by atoms with Gasteiger partial charge >= 0.3 is 5.97 Å². The Balaban J connectivity index is 1.35. The minimum Gasteiger partial charge on any atom is -0.485 e. The fourth-order valence-electron chi connectivity index (χ4n) is 2.68. The Morgan fingerprint density at radius 1 is 1.15 bits per heavy atom.